The van der Waals surface area contributed by atoms with Crippen LogP contribution in [0.4, 0.5) is 0 Å². The van der Waals surface area contributed by atoms with E-state index in [1.54, 1.807) is 32.0 Å². The topological polar surface area (TPSA) is 101 Å². The van der Waals surface area contributed by atoms with Crippen molar-refractivity contribution >= 4 is 17.0 Å². The van der Waals surface area contributed by atoms with Gasteiger partial charge in [-0.15, -0.1) is 0 Å². The number of oxazole rings is 1. The van der Waals surface area contributed by atoms with E-state index in [2.05, 4.69) is 10.3 Å². The molecule has 0 aliphatic heterocycles. The van der Waals surface area contributed by atoms with Crippen LogP contribution in [0.25, 0.3) is 11.1 Å². The van der Waals surface area contributed by atoms with E-state index in [0.717, 1.165) is 5.56 Å². The van der Waals surface area contributed by atoms with Gasteiger partial charge in [0, 0.05) is 18.5 Å². The Morgan fingerprint density at radius 2 is 2.21 bits per heavy atom. The first-order valence-corrected chi connectivity index (χ1v) is 6.01. The highest BCUT2D eigenvalue weighted by Gasteiger charge is 2.15. The van der Waals surface area contributed by atoms with Crippen LogP contribution >= 0.6 is 0 Å². The van der Waals surface area contributed by atoms with Crippen molar-refractivity contribution in [2.45, 2.75) is 32.4 Å². The molecule has 0 saturated carbocycles. The molecule has 6 nitrogen and oxygen atoms in total. The molecular weight excluding hydrogens is 246 g/mol. The third-order valence-electron chi connectivity index (χ3n) is 2.59. The average Bonchev–Trinajstić information content (AvgIpc) is 2.63. The van der Waals surface area contributed by atoms with E-state index in [1.165, 1.54) is 0 Å². The molecule has 6 heteroatoms. The fraction of sp³-hybridized carbons (Fsp3) is 0.385. The van der Waals surface area contributed by atoms with Gasteiger partial charge in [0.05, 0.1) is 5.52 Å². The van der Waals surface area contributed by atoms with Gasteiger partial charge in [0.25, 0.3) is 0 Å². The first kappa shape index (κ1) is 13.4. The van der Waals surface area contributed by atoms with Crippen LogP contribution in [0.3, 0.4) is 0 Å². The summed E-state index contributed by atoms with van der Waals surface area (Å²) in [5.41, 5.74) is 7.25. The Morgan fingerprint density at radius 1 is 1.47 bits per heavy atom. The minimum Gasteiger partial charge on any atom is -0.408 e. The standard InChI is InChI=1S/C13H17N3O3/c1-13(2,14)6-11(17)15-7-8-3-4-10-9(5-8)16-12(18)19-10/h3-5H,6-7,14H2,1-2H3,(H,15,17)(H,16,18). The second kappa shape index (κ2) is 4.89. The fourth-order valence-electron chi connectivity index (χ4n) is 1.79. The Morgan fingerprint density at radius 3 is 2.89 bits per heavy atom. The number of fused-ring (bicyclic) bond motifs is 1. The number of benzene rings is 1. The van der Waals surface area contributed by atoms with Crippen LogP contribution in [0.1, 0.15) is 25.8 Å². The summed E-state index contributed by atoms with van der Waals surface area (Å²) in [6.07, 6.45) is 0.262. The Balaban J connectivity index is 2.01. The van der Waals surface area contributed by atoms with E-state index in [4.69, 9.17) is 10.2 Å². The van der Waals surface area contributed by atoms with Gasteiger partial charge in [-0.1, -0.05) is 6.07 Å². The fourth-order valence-corrected chi connectivity index (χ4v) is 1.79. The Bertz CT molecular complexity index is 649. The number of H-pyrrole nitrogens is 1. The average molecular weight is 263 g/mol. The van der Waals surface area contributed by atoms with Crippen LogP contribution in [-0.2, 0) is 11.3 Å². The van der Waals surface area contributed by atoms with Crippen molar-refractivity contribution in [1.82, 2.24) is 10.3 Å². The summed E-state index contributed by atoms with van der Waals surface area (Å²) >= 11 is 0. The van der Waals surface area contributed by atoms with Crippen molar-refractivity contribution in [3.05, 3.63) is 34.3 Å². The highest BCUT2D eigenvalue weighted by atomic mass is 16.4. The van der Waals surface area contributed by atoms with Crippen LogP contribution in [0, 0.1) is 0 Å². The maximum Gasteiger partial charge on any atom is 0.417 e. The highest BCUT2D eigenvalue weighted by Crippen LogP contribution is 2.12. The lowest BCUT2D eigenvalue weighted by Gasteiger charge is -2.17. The van der Waals surface area contributed by atoms with Crippen LogP contribution in [0.15, 0.2) is 27.4 Å². The minimum absolute atomic E-state index is 0.103. The minimum atomic E-state index is -0.524. The van der Waals surface area contributed by atoms with Crippen LogP contribution in [0.5, 0.6) is 0 Å². The third kappa shape index (κ3) is 3.69. The molecule has 0 aliphatic carbocycles. The predicted molar refractivity (Wildman–Crippen MR) is 71.6 cm³/mol. The van der Waals surface area contributed by atoms with E-state index in [1.807, 2.05) is 0 Å². The monoisotopic (exact) mass is 263 g/mol. The first-order chi connectivity index (χ1) is 8.83. The first-order valence-electron chi connectivity index (χ1n) is 6.01. The smallest absolute Gasteiger partial charge is 0.408 e. The summed E-state index contributed by atoms with van der Waals surface area (Å²) in [4.78, 5) is 25.2. The molecule has 0 aliphatic rings. The molecule has 0 radical (unpaired) electrons. The summed E-state index contributed by atoms with van der Waals surface area (Å²) in [5.74, 6) is -0.589. The maximum atomic E-state index is 11.6. The molecule has 2 aromatic rings. The summed E-state index contributed by atoms with van der Waals surface area (Å²) in [5, 5.41) is 2.79. The van der Waals surface area contributed by atoms with Crippen LogP contribution in [0.2, 0.25) is 0 Å². The van der Waals surface area contributed by atoms with Crippen LogP contribution in [-0.4, -0.2) is 16.4 Å². The van der Waals surface area contributed by atoms with Gasteiger partial charge in [0.15, 0.2) is 5.58 Å². The number of nitrogens with one attached hydrogen (secondary N) is 2. The van der Waals surface area contributed by atoms with Gasteiger partial charge < -0.3 is 15.5 Å². The zero-order chi connectivity index (χ0) is 14.0. The zero-order valence-corrected chi connectivity index (χ0v) is 10.9. The molecule has 0 spiro atoms. The predicted octanol–water partition coefficient (Wildman–Crippen LogP) is 0.865. The summed E-state index contributed by atoms with van der Waals surface area (Å²) in [7, 11) is 0. The number of aromatic amines is 1. The molecule has 0 atom stereocenters. The van der Waals surface area contributed by atoms with E-state index in [0.29, 0.717) is 17.6 Å². The molecule has 1 aromatic heterocycles. The quantitative estimate of drug-likeness (QED) is 0.761. The molecule has 0 saturated heterocycles. The van der Waals surface area contributed by atoms with Gasteiger partial charge in [-0.05, 0) is 31.5 Å². The van der Waals surface area contributed by atoms with E-state index in [9.17, 15) is 9.59 Å². The molecule has 19 heavy (non-hydrogen) atoms. The maximum absolute atomic E-state index is 11.6. The molecule has 1 amide bonds. The highest BCUT2D eigenvalue weighted by molar-refractivity contribution is 5.77. The molecule has 0 fully saturated rings. The lowest BCUT2D eigenvalue weighted by Crippen LogP contribution is -2.38. The van der Waals surface area contributed by atoms with Crippen molar-refractivity contribution in [2.24, 2.45) is 5.73 Å². The van der Waals surface area contributed by atoms with Gasteiger partial charge in [0.1, 0.15) is 0 Å². The van der Waals surface area contributed by atoms with Crippen molar-refractivity contribution in [3.8, 4) is 0 Å². The van der Waals surface area contributed by atoms with E-state index in [-0.39, 0.29) is 12.3 Å². The van der Waals surface area contributed by atoms with E-state index >= 15 is 0 Å². The van der Waals surface area contributed by atoms with Crippen molar-refractivity contribution in [1.29, 1.82) is 0 Å². The Kier molecular flexibility index (Phi) is 3.44. The number of carbonyl (C=O) groups is 1. The number of aromatic nitrogens is 1. The van der Waals surface area contributed by atoms with E-state index < -0.39 is 11.3 Å². The Labute approximate surface area is 110 Å². The second-order valence-corrected chi connectivity index (χ2v) is 5.29. The lowest BCUT2D eigenvalue weighted by atomic mass is 10.0. The van der Waals surface area contributed by atoms with Crippen LogP contribution < -0.4 is 16.8 Å². The molecule has 0 unspecified atom stereocenters. The zero-order valence-electron chi connectivity index (χ0n) is 10.9. The summed E-state index contributed by atoms with van der Waals surface area (Å²) in [6, 6.07) is 5.27. The number of hydrogen-bond donors (Lipinski definition) is 3. The number of amides is 1. The molecule has 0 bridgehead atoms. The molecule has 2 rings (SSSR count). The molecule has 1 aromatic carbocycles. The number of nitrogens with two attached hydrogens (primary N) is 1. The SMILES string of the molecule is CC(C)(N)CC(=O)NCc1ccc2oc(=O)[nH]c2c1. The van der Waals surface area contributed by atoms with Crippen molar-refractivity contribution in [2.75, 3.05) is 0 Å². The normalized spacial score (nSPS) is 11.7. The number of carbonyl (C=O) groups excluding carboxylic acids is 1. The Hall–Kier alpha value is -2.08. The third-order valence-corrected chi connectivity index (χ3v) is 2.59. The largest absolute Gasteiger partial charge is 0.417 e. The molecule has 1 heterocycles. The van der Waals surface area contributed by atoms with Crippen molar-refractivity contribution in [3.63, 3.8) is 0 Å². The van der Waals surface area contributed by atoms with Gasteiger partial charge in [0.2, 0.25) is 5.91 Å². The molecule has 102 valence electrons. The molecular formula is C13H17N3O3. The summed E-state index contributed by atoms with van der Waals surface area (Å²) in [6.45, 7) is 3.99. The van der Waals surface area contributed by atoms with Gasteiger partial charge >= 0.3 is 5.76 Å². The van der Waals surface area contributed by atoms with Gasteiger partial charge in [-0.2, -0.15) is 0 Å². The molecule has 4 N–H and O–H groups in total. The van der Waals surface area contributed by atoms with Gasteiger partial charge in [-0.3, -0.25) is 9.78 Å². The number of rotatable bonds is 4. The van der Waals surface area contributed by atoms with Crippen molar-refractivity contribution < 1.29 is 9.21 Å². The second-order valence-electron chi connectivity index (χ2n) is 5.29. The summed E-state index contributed by atoms with van der Waals surface area (Å²) < 4.78 is 4.90. The van der Waals surface area contributed by atoms with Gasteiger partial charge in [-0.25, -0.2) is 4.79 Å². The lowest BCUT2D eigenvalue weighted by molar-refractivity contribution is -0.122. The number of hydrogen-bond acceptors (Lipinski definition) is 4.